The number of ether oxygens (including phenoxy) is 1. The van der Waals surface area contributed by atoms with Crippen molar-refractivity contribution in [1.29, 1.82) is 0 Å². The van der Waals surface area contributed by atoms with Crippen molar-refractivity contribution in [3.63, 3.8) is 0 Å². The van der Waals surface area contributed by atoms with Gasteiger partial charge in [0.05, 0.1) is 5.69 Å². The number of carbonyl (C=O) groups excluding carboxylic acids is 2. The normalized spacial score (nSPS) is 11.2. The Kier molecular flexibility index (Phi) is 7.94. The van der Waals surface area contributed by atoms with Crippen LogP contribution in [0.4, 0.5) is 11.4 Å². The minimum absolute atomic E-state index is 0.122. The Morgan fingerprint density at radius 3 is 1.89 bits per heavy atom. The topological polar surface area (TPSA) is 67.4 Å². The van der Waals surface area contributed by atoms with E-state index in [0.29, 0.717) is 34.9 Å². The highest BCUT2D eigenvalue weighted by Gasteiger charge is 2.20. The van der Waals surface area contributed by atoms with Gasteiger partial charge in [-0.2, -0.15) is 0 Å². The number of allylic oxidation sites excluding steroid dienone is 1. The summed E-state index contributed by atoms with van der Waals surface area (Å²) in [5.74, 6) is -0.150. The Hall–Kier alpha value is -4.64. The number of anilines is 2. The summed E-state index contributed by atoms with van der Waals surface area (Å²) < 4.78 is 6.22. The first-order valence-electron chi connectivity index (χ1n) is 11.7. The Morgan fingerprint density at radius 2 is 1.33 bits per heavy atom. The van der Waals surface area contributed by atoms with Gasteiger partial charge in [0, 0.05) is 28.8 Å². The molecule has 4 aromatic carbocycles. The van der Waals surface area contributed by atoms with Gasteiger partial charge in [-0.05, 0) is 41.5 Å². The van der Waals surface area contributed by atoms with Crippen molar-refractivity contribution >= 4 is 23.2 Å². The molecular formula is C31H28N2O3. The van der Waals surface area contributed by atoms with Crippen LogP contribution in [0.5, 0.6) is 5.75 Å². The van der Waals surface area contributed by atoms with E-state index in [4.69, 9.17) is 4.74 Å². The molecule has 0 saturated carbocycles. The molecule has 36 heavy (non-hydrogen) atoms. The van der Waals surface area contributed by atoms with Crippen LogP contribution in [0.15, 0.2) is 116 Å². The van der Waals surface area contributed by atoms with Crippen LogP contribution in [0.1, 0.15) is 44.7 Å². The molecule has 2 amide bonds. The molecule has 0 aromatic heterocycles. The third-order valence-electron chi connectivity index (χ3n) is 5.78. The second-order valence-corrected chi connectivity index (χ2v) is 8.38. The van der Waals surface area contributed by atoms with Crippen molar-refractivity contribution in [2.75, 3.05) is 10.6 Å². The summed E-state index contributed by atoms with van der Waals surface area (Å²) in [6, 6.07) is 31.4. The number of hydrogen-bond donors (Lipinski definition) is 2. The average Bonchev–Trinajstić information content (AvgIpc) is 2.93. The van der Waals surface area contributed by atoms with E-state index in [1.165, 1.54) is 0 Å². The van der Waals surface area contributed by atoms with Gasteiger partial charge in [0.2, 0.25) is 0 Å². The lowest BCUT2D eigenvalue weighted by molar-refractivity contribution is 0.101. The molecule has 180 valence electrons. The smallest absolute Gasteiger partial charge is 0.255 e. The number of hydrogen-bond acceptors (Lipinski definition) is 3. The summed E-state index contributed by atoms with van der Waals surface area (Å²) in [5.41, 5.74) is 3.95. The first kappa shape index (κ1) is 24.5. The highest BCUT2D eigenvalue weighted by atomic mass is 16.5. The summed E-state index contributed by atoms with van der Waals surface area (Å²) in [7, 11) is 0. The van der Waals surface area contributed by atoms with Crippen LogP contribution >= 0.6 is 0 Å². The van der Waals surface area contributed by atoms with E-state index in [1.54, 1.807) is 36.4 Å². The van der Waals surface area contributed by atoms with Crippen LogP contribution in [-0.4, -0.2) is 11.8 Å². The van der Waals surface area contributed by atoms with Crippen molar-refractivity contribution in [3.05, 3.63) is 138 Å². The van der Waals surface area contributed by atoms with E-state index in [1.807, 2.05) is 79.7 Å². The van der Waals surface area contributed by atoms with Crippen molar-refractivity contribution in [2.24, 2.45) is 0 Å². The Balaban J connectivity index is 1.73. The molecule has 0 radical (unpaired) electrons. The summed E-state index contributed by atoms with van der Waals surface area (Å²) in [5, 5.41) is 6.00. The zero-order chi connectivity index (χ0) is 25.3. The molecule has 4 aromatic rings. The molecule has 5 nitrogen and oxygen atoms in total. The van der Waals surface area contributed by atoms with Crippen LogP contribution in [-0.2, 0) is 6.61 Å². The highest BCUT2D eigenvalue weighted by Crippen LogP contribution is 2.38. The summed E-state index contributed by atoms with van der Waals surface area (Å²) in [4.78, 5) is 26.0. The van der Waals surface area contributed by atoms with Gasteiger partial charge in [-0.25, -0.2) is 0 Å². The number of nitrogens with one attached hydrogen (secondary N) is 2. The molecule has 0 saturated heterocycles. The maximum Gasteiger partial charge on any atom is 0.255 e. The quantitative estimate of drug-likeness (QED) is 0.254. The second-order valence-electron chi connectivity index (χ2n) is 8.38. The largest absolute Gasteiger partial charge is 0.487 e. The molecular weight excluding hydrogens is 448 g/mol. The molecule has 4 rings (SSSR count). The number of carbonyl (C=O) groups is 2. The minimum atomic E-state index is -0.251. The van der Waals surface area contributed by atoms with Gasteiger partial charge < -0.3 is 15.4 Å². The van der Waals surface area contributed by atoms with Crippen LogP contribution in [0.25, 0.3) is 0 Å². The van der Waals surface area contributed by atoms with E-state index < -0.39 is 0 Å². The molecule has 2 N–H and O–H groups in total. The Labute approximate surface area is 211 Å². The SMILES string of the molecule is C=CC(C)c1cc(NC(=O)c2ccccc2)cc(OCc2ccccc2)c1NC(=O)c1ccccc1. The van der Waals surface area contributed by atoms with Gasteiger partial charge in [-0.3, -0.25) is 9.59 Å². The fraction of sp³-hybridized carbons (Fsp3) is 0.0968. The third kappa shape index (κ3) is 6.07. The number of rotatable bonds is 9. The zero-order valence-electron chi connectivity index (χ0n) is 20.1. The zero-order valence-corrected chi connectivity index (χ0v) is 20.1. The molecule has 1 unspecified atom stereocenters. The lowest BCUT2D eigenvalue weighted by Crippen LogP contribution is -2.17. The van der Waals surface area contributed by atoms with Crippen LogP contribution in [0.2, 0.25) is 0 Å². The lowest BCUT2D eigenvalue weighted by atomic mass is 9.97. The van der Waals surface area contributed by atoms with E-state index in [-0.39, 0.29) is 17.7 Å². The number of amides is 2. The Bertz CT molecular complexity index is 1340. The molecule has 0 heterocycles. The van der Waals surface area contributed by atoms with Gasteiger partial charge in [-0.15, -0.1) is 6.58 Å². The van der Waals surface area contributed by atoms with E-state index in [2.05, 4.69) is 17.2 Å². The summed E-state index contributed by atoms with van der Waals surface area (Å²) >= 11 is 0. The first-order valence-corrected chi connectivity index (χ1v) is 11.7. The van der Waals surface area contributed by atoms with Gasteiger partial charge in [0.25, 0.3) is 11.8 Å². The molecule has 0 aliphatic carbocycles. The fourth-order valence-corrected chi connectivity index (χ4v) is 3.75. The molecule has 0 aliphatic rings. The molecule has 1 atom stereocenters. The molecule has 0 bridgehead atoms. The minimum Gasteiger partial charge on any atom is -0.487 e. The summed E-state index contributed by atoms with van der Waals surface area (Å²) in [6.07, 6.45) is 1.79. The highest BCUT2D eigenvalue weighted by molar-refractivity contribution is 6.07. The maximum absolute atomic E-state index is 13.1. The second kappa shape index (κ2) is 11.7. The van der Waals surface area contributed by atoms with Gasteiger partial charge >= 0.3 is 0 Å². The first-order chi connectivity index (χ1) is 17.5. The maximum atomic E-state index is 13.1. The molecule has 0 spiro atoms. The predicted molar refractivity (Wildman–Crippen MR) is 145 cm³/mol. The van der Waals surface area contributed by atoms with E-state index in [0.717, 1.165) is 11.1 Å². The van der Waals surface area contributed by atoms with Crippen molar-refractivity contribution in [3.8, 4) is 5.75 Å². The third-order valence-corrected chi connectivity index (χ3v) is 5.78. The van der Waals surface area contributed by atoms with Gasteiger partial charge in [0.15, 0.2) is 0 Å². The summed E-state index contributed by atoms with van der Waals surface area (Å²) in [6.45, 7) is 6.21. The van der Waals surface area contributed by atoms with Crippen molar-refractivity contribution in [2.45, 2.75) is 19.4 Å². The fourth-order valence-electron chi connectivity index (χ4n) is 3.75. The molecule has 0 fully saturated rings. The van der Waals surface area contributed by atoms with Gasteiger partial charge in [0.1, 0.15) is 12.4 Å². The predicted octanol–water partition coefficient (Wildman–Crippen LogP) is 7.06. The molecule has 0 aliphatic heterocycles. The van der Waals surface area contributed by atoms with Crippen molar-refractivity contribution < 1.29 is 14.3 Å². The monoisotopic (exact) mass is 476 g/mol. The van der Waals surface area contributed by atoms with E-state index in [9.17, 15) is 9.59 Å². The molecule has 5 heteroatoms. The van der Waals surface area contributed by atoms with Crippen LogP contribution in [0.3, 0.4) is 0 Å². The number of benzene rings is 4. The van der Waals surface area contributed by atoms with Crippen molar-refractivity contribution in [1.82, 2.24) is 0 Å². The van der Waals surface area contributed by atoms with Gasteiger partial charge in [-0.1, -0.05) is 79.7 Å². The van der Waals surface area contributed by atoms with Crippen LogP contribution < -0.4 is 15.4 Å². The van der Waals surface area contributed by atoms with Crippen LogP contribution in [0, 0.1) is 0 Å². The van der Waals surface area contributed by atoms with E-state index >= 15 is 0 Å². The average molecular weight is 477 g/mol. The Morgan fingerprint density at radius 1 is 0.806 bits per heavy atom. The standard InChI is InChI=1S/C31H28N2O3/c1-3-22(2)27-19-26(32-30(34)24-15-9-5-10-16-24)20-28(36-21-23-13-7-4-8-14-23)29(27)33-31(35)25-17-11-6-12-18-25/h3-20,22H,1,21H2,2H3,(H,32,34)(H,33,35). The lowest BCUT2D eigenvalue weighted by Gasteiger charge is -2.21.